The Balaban J connectivity index is 1.95. The second-order valence-electron chi connectivity index (χ2n) is 5.17. The van der Waals surface area contributed by atoms with E-state index in [2.05, 4.69) is 41.1 Å². The molecular formula is C14H20N2O. The average molecular weight is 232 g/mol. The molecule has 2 aliphatic rings. The fourth-order valence-electron chi connectivity index (χ4n) is 3.16. The van der Waals surface area contributed by atoms with Crippen molar-refractivity contribution in [1.29, 1.82) is 0 Å². The monoisotopic (exact) mass is 232 g/mol. The summed E-state index contributed by atoms with van der Waals surface area (Å²) in [6.45, 7) is 2.06. The first kappa shape index (κ1) is 10.9. The molecular weight excluding hydrogens is 212 g/mol. The molecule has 1 fully saturated rings. The van der Waals surface area contributed by atoms with Crippen molar-refractivity contribution < 1.29 is 5.11 Å². The molecule has 1 saturated carbocycles. The minimum Gasteiger partial charge on any atom is -0.391 e. The van der Waals surface area contributed by atoms with Crippen LogP contribution in [0.5, 0.6) is 0 Å². The molecule has 3 rings (SSSR count). The SMILES string of the molecule is CN1CCN([C@H]2CCC[C@@H]2O)c2ccccc21. The lowest BCUT2D eigenvalue weighted by Gasteiger charge is -2.41. The molecule has 2 atom stereocenters. The van der Waals surface area contributed by atoms with Gasteiger partial charge in [-0.15, -0.1) is 0 Å². The molecule has 0 spiro atoms. The fourth-order valence-corrected chi connectivity index (χ4v) is 3.16. The van der Waals surface area contributed by atoms with E-state index < -0.39 is 0 Å². The van der Waals surface area contributed by atoms with Crippen molar-refractivity contribution in [2.24, 2.45) is 0 Å². The van der Waals surface area contributed by atoms with Crippen molar-refractivity contribution in [2.75, 3.05) is 29.9 Å². The van der Waals surface area contributed by atoms with Crippen molar-refractivity contribution in [1.82, 2.24) is 0 Å². The molecule has 0 saturated heterocycles. The summed E-state index contributed by atoms with van der Waals surface area (Å²) in [5, 5.41) is 10.1. The number of hydrogen-bond donors (Lipinski definition) is 1. The molecule has 1 aromatic rings. The van der Waals surface area contributed by atoms with Crippen LogP contribution in [0.4, 0.5) is 11.4 Å². The summed E-state index contributed by atoms with van der Waals surface area (Å²) in [5.74, 6) is 0. The Morgan fingerprint density at radius 1 is 1.12 bits per heavy atom. The van der Waals surface area contributed by atoms with Crippen LogP contribution in [0.1, 0.15) is 19.3 Å². The summed E-state index contributed by atoms with van der Waals surface area (Å²) in [6, 6.07) is 8.85. The van der Waals surface area contributed by atoms with Gasteiger partial charge in [0.2, 0.25) is 0 Å². The first-order valence-electron chi connectivity index (χ1n) is 6.52. The molecule has 1 aliphatic heterocycles. The van der Waals surface area contributed by atoms with Gasteiger partial charge in [-0.1, -0.05) is 12.1 Å². The van der Waals surface area contributed by atoms with Gasteiger partial charge in [-0.05, 0) is 31.4 Å². The van der Waals surface area contributed by atoms with Crippen molar-refractivity contribution in [2.45, 2.75) is 31.4 Å². The summed E-state index contributed by atoms with van der Waals surface area (Å²) < 4.78 is 0. The fraction of sp³-hybridized carbons (Fsp3) is 0.571. The number of fused-ring (bicyclic) bond motifs is 1. The Labute approximate surface area is 103 Å². The van der Waals surface area contributed by atoms with Crippen molar-refractivity contribution in [3.8, 4) is 0 Å². The lowest BCUT2D eigenvalue weighted by molar-refractivity contribution is 0.160. The number of rotatable bonds is 1. The largest absolute Gasteiger partial charge is 0.391 e. The lowest BCUT2D eigenvalue weighted by atomic mass is 10.1. The highest BCUT2D eigenvalue weighted by molar-refractivity contribution is 5.73. The standard InChI is InChI=1S/C14H20N2O/c1-15-9-10-16(13-7-4-8-14(13)17)12-6-3-2-5-11(12)15/h2-3,5-6,13-14,17H,4,7-10H2,1H3/t13-,14-/m0/s1. The van der Waals surface area contributed by atoms with Gasteiger partial charge in [0.05, 0.1) is 23.5 Å². The minimum atomic E-state index is -0.147. The summed E-state index contributed by atoms with van der Waals surface area (Å²) in [5.41, 5.74) is 2.57. The Bertz CT molecular complexity index is 407. The lowest BCUT2D eigenvalue weighted by Crippen LogP contribution is -2.47. The Hall–Kier alpha value is -1.22. The molecule has 1 aromatic carbocycles. The van der Waals surface area contributed by atoms with Gasteiger partial charge < -0.3 is 14.9 Å². The van der Waals surface area contributed by atoms with E-state index in [1.54, 1.807) is 0 Å². The van der Waals surface area contributed by atoms with Gasteiger partial charge in [0.25, 0.3) is 0 Å². The van der Waals surface area contributed by atoms with Gasteiger partial charge in [0, 0.05) is 20.1 Å². The number of aliphatic hydroxyl groups excluding tert-OH is 1. The highest BCUT2D eigenvalue weighted by atomic mass is 16.3. The molecule has 3 nitrogen and oxygen atoms in total. The maximum atomic E-state index is 10.1. The van der Waals surface area contributed by atoms with Crippen LogP contribution >= 0.6 is 0 Å². The van der Waals surface area contributed by atoms with Crippen LogP contribution in [0.25, 0.3) is 0 Å². The molecule has 0 bridgehead atoms. The zero-order chi connectivity index (χ0) is 11.8. The van der Waals surface area contributed by atoms with E-state index in [1.165, 1.54) is 11.4 Å². The molecule has 0 unspecified atom stereocenters. The highest BCUT2D eigenvalue weighted by Gasteiger charge is 2.33. The van der Waals surface area contributed by atoms with Crippen LogP contribution in [0.2, 0.25) is 0 Å². The molecule has 1 aliphatic carbocycles. The molecule has 0 amide bonds. The van der Waals surface area contributed by atoms with Gasteiger partial charge in [-0.3, -0.25) is 0 Å². The maximum Gasteiger partial charge on any atom is 0.0743 e. The highest BCUT2D eigenvalue weighted by Crippen LogP contribution is 2.36. The van der Waals surface area contributed by atoms with Crippen LogP contribution in [-0.2, 0) is 0 Å². The van der Waals surface area contributed by atoms with E-state index in [9.17, 15) is 5.11 Å². The van der Waals surface area contributed by atoms with E-state index in [4.69, 9.17) is 0 Å². The zero-order valence-electron chi connectivity index (χ0n) is 10.3. The predicted octanol–water partition coefficient (Wildman–Crippen LogP) is 1.86. The summed E-state index contributed by atoms with van der Waals surface area (Å²) in [4.78, 5) is 4.71. The first-order chi connectivity index (χ1) is 8.27. The van der Waals surface area contributed by atoms with Gasteiger partial charge in [0.1, 0.15) is 0 Å². The number of para-hydroxylation sites is 2. The molecule has 0 radical (unpaired) electrons. The topological polar surface area (TPSA) is 26.7 Å². The molecule has 17 heavy (non-hydrogen) atoms. The van der Waals surface area contributed by atoms with Gasteiger partial charge in [-0.2, -0.15) is 0 Å². The first-order valence-corrected chi connectivity index (χ1v) is 6.52. The number of aliphatic hydroxyl groups is 1. The maximum absolute atomic E-state index is 10.1. The van der Waals surface area contributed by atoms with Crippen LogP contribution in [-0.4, -0.2) is 37.4 Å². The van der Waals surface area contributed by atoms with Crippen LogP contribution in [0.3, 0.4) is 0 Å². The Kier molecular flexibility index (Phi) is 2.71. The predicted molar refractivity (Wildman–Crippen MR) is 70.7 cm³/mol. The second kappa shape index (κ2) is 4.22. The third-order valence-electron chi connectivity index (χ3n) is 4.12. The smallest absolute Gasteiger partial charge is 0.0743 e. The minimum absolute atomic E-state index is 0.147. The third kappa shape index (κ3) is 1.78. The third-order valence-corrected chi connectivity index (χ3v) is 4.12. The van der Waals surface area contributed by atoms with Gasteiger partial charge in [0.15, 0.2) is 0 Å². The average Bonchev–Trinajstić information content (AvgIpc) is 2.77. The van der Waals surface area contributed by atoms with Crippen molar-refractivity contribution in [3.05, 3.63) is 24.3 Å². The van der Waals surface area contributed by atoms with E-state index in [1.807, 2.05) is 0 Å². The van der Waals surface area contributed by atoms with Crippen molar-refractivity contribution in [3.63, 3.8) is 0 Å². The number of nitrogens with zero attached hydrogens (tertiary/aromatic N) is 2. The number of likely N-dealkylation sites (N-methyl/N-ethyl adjacent to an activating group) is 1. The Morgan fingerprint density at radius 2 is 1.88 bits per heavy atom. The number of benzene rings is 1. The van der Waals surface area contributed by atoms with Gasteiger partial charge in [-0.25, -0.2) is 0 Å². The summed E-state index contributed by atoms with van der Waals surface area (Å²) >= 11 is 0. The normalized spacial score (nSPS) is 28.4. The quantitative estimate of drug-likeness (QED) is 0.800. The molecule has 3 heteroatoms. The van der Waals surface area contributed by atoms with Crippen LogP contribution < -0.4 is 9.80 Å². The number of hydrogen-bond acceptors (Lipinski definition) is 3. The molecule has 1 heterocycles. The molecule has 0 aromatic heterocycles. The van der Waals surface area contributed by atoms with Crippen molar-refractivity contribution >= 4 is 11.4 Å². The van der Waals surface area contributed by atoms with E-state index >= 15 is 0 Å². The van der Waals surface area contributed by atoms with E-state index in [0.717, 1.165) is 32.4 Å². The Morgan fingerprint density at radius 3 is 2.59 bits per heavy atom. The molecule has 92 valence electrons. The summed E-state index contributed by atoms with van der Waals surface area (Å²) in [6.07, 6.45) is 3.09. The molecule has 1 N–H and O–H groups in total. The zero-order valence-corrected chi connectivity index (χ0v) is 10.3. The second-order valence-corrected chi connectivity index (χ2v) is 5.17. The summed E-state index contributed by atoms with van der Waals surface area (Å²) in [7, 11) is 2.14. The number of anilines is 2. The van der Waals surface area contributed by atoms with E-state index in [0.29, 0.717) is 6.04 Å². The van der Waals surface area contributed by atoms with Gasteiger partial charge >= 0.3 is 0 Å². The van der Waals surface area contributed by atoms with E-state index in [-0.39, 0.29) is 6.10 Å². The van der Waals surface area contributed by atoms with Crippen LogP contribution in [0.15, 0.2) is 24.3 Å². The van der Waals surface area contributed by atoms with Crippen LogP contribution in [0, 0.1) is 0 Å².